The van der Waals surface area contributed by atoms with Gasteiger partial charge in [0.25, 0.3) is 5.69 Å². The van der Waals surface area contributed by atoms with Gasteiger partial charge in [0.05, 0.1) is 10.8 Å². The zero-order valence-corrected chi connectivity index (χ0v) is 15.9. The highest BCUT2D eigenvalue weighted by Crippen LogP contribution is 2.31. The minimum absolute atomic E-state index is 0.0555. The van der Waals surface area contributed by atoms with Crippen molar-refractivity contribution < 1.29 is 14.5 Å². The van der Waals surface area contributed by atoms with Gasteiger partial charge in [0.1, 0.15) is 5.69 Å². The van der Waals surface area contributed by atoms with E-state index >= 15 is 0 Å². The second kappa shape index (κ2) is 9.25. The van der Waals surface area contributed by atoms with Crippen molar-refractivity contribution in [3.63, 3.8) is 0 Å². The third-order valence-corrected chi connectivity index (χ3v) is 4.92. The molecule has 1 aromatic heterocycles. The minimum atomic E-state index is -0.377. The number of benzene rings is 1. The zero-order valence-electron chi connectivity index (χ0n) is 15.9. The van der Waals surface area contributed by atoms with Crippen molar-refractivity contribution in [1.82, 2.24) is 20.2 Å². The number of nitro groups is 1. The third kappa shape index (κ3) is 4.62. The Bertz CT molecular complexity index is 816. The summed E-state index contributed by atoms with van der Waals surface area (Å²) >= 11 is 0. The van der Waals surface area contributed by atoms with Crippen molar-refractivity contribution in [3.8, 4) is 0 Å². The Hall–Kier alpha value is -3.04. The number of para-hydroxylation sites is 2. The molecular weight excluding hydrogens is 364 g/mol. The topological polar surface area (TPSA) is 116 Å². The number of carbonyl (C=O) groups is 1. The molecule has 0 spiro atoms. The maximum atomic E-state index is 12.4. The number of tetrazole rings is 1. The second-order valence-corrected chi connectivity index (χ2v) is 6.79. The highest BCUT2D eigenvalue weighted by Gasteiger charge is 2.29. The first-order valence-electron chi connectivity index (χ1n) is 9.50. The number of esters is 1. The number of nitro benzene ring substituents is 1. The van der Waals surface area contributed by atoms with E-state index in [1.165, 1.54) is 6.07 Å². The molecule has 0 radical (unpaired) electrons. The molecule has 0 unspecified atom stereocenters. The van der Waals surface area contributed by atoms with Gasteiger partial charge in [-0.2, -0.15) is 0 Å². The van der Waals surface area contributed by atoms with Gasteiger partial charge < -0.3 is 9.64 Å². The zero-order chi connectivity index (χ0) is 19.9. The molecule has 1 aliphatic rings. The fraction of sp³-hybridized carbons (Fsp3) is 0.556. The van der Waals surface area contributed by atoms with Crippen LogP contribution in [0, 0.1) is 16.0 Å². The Kier molecular flexibility index (Phi) is 6.51. The Morgan fingerprint density at radius 3 is 2.79 bits per heavy atom. The summed E-state index contributed by atoms with van der Waals surface area (Å²) in [6.45, 7) is 3.97. The van der Waals surface area contributed by atoms with Gasteiger partial charge in [0.15, 0.2) is 12.4 Å². The van der Waals surface area contributed by atoms with Gasteiger partial charge in [-0.25, -0.2) is 4.68 Å². The van der Waals surface area contributed by atoms with Gasteiger partial charge >= 0.3 is 5.97 Å². The van der Waals surface area contributed by atoms with E-state index in [0.29, 0.717) is 44.0 Å². The molecule has 28 heavy (non-hydrogen) atoms. The number of aromatic nitrogens is 4. The van der Waals surface area contributed by atoms with Crippen LogP contribution in [0.1, 0.15) is 38.4 Å². The van der Waals surface area contributed by atoms with Gasteiger partial charge in [-0.3, -0.25) is 14.9 Å². The van der Waals surface area contributed by atoms with E-state index in [9.17, 15) is 14.9 Å². The lowest BCUT2D eigenvalue weighted by atomic mass is 9.96. The summed E-state index contributed by atoms with van der Waals surface area (Å²) in [5.41, 5.74) is 0.678. The highest BCUT2D eigenvalue weighted by molar-refractivity contribution is 5.73. The number of ether oxygens (including phenoxy) is 1. The standard InChI is InChI=1S/C18H24N6O4/c1-2-3-10-23-17(19-20-21-23)13-28-18(25)14-8-11-22(12-9-14)15-6-4-5-7-16(15)24(26)27/h4-7,14H,2-3,8-13H2,1H3. The van der Waals surface area contributed by atoms with Gasteiger partial charge in [0.2, 0.25) is 0 Å². The molecule has 1 fully saturated rings. The minimum Gasteiger partial charge on any atom is -0.457 e. The average Bonchev–Trinajstić information content (AvgIpc) is 3.18. The lowest BCUT2D eigenvalue weighted by Gasteiger charge is -2.32. The molecule has 1 aromatic carbocycles. The van der Waals surface area contributed by atoms with Crippen LogP contribution in [0.4, 0.5) is 11.4 Å². The van der Waals surface area contributed by atoms with Crippen molar-refractivity contribution in [3.05, 3.63) is 40.2 Å². The van der Waals surface area contributed by atoms with Crippen molar-refractivity contribution in [2.75, 3.05) is 18.0 Å². The maximum Gasteiger partial charge on any atom is 0.309 e. The fourth-order valence-corrected chi connectivity index (χ4v) is 3.30. The van der Waals surface area contributed by atoms with E-state index in [0.717, 1.165) is 12.8 Å². The molecule has 2 heterocycles. The first kappa shape index (κ1) is 19.7. The molecule has 0 bridgehead atoms. The molecule has 0 atom stereocenters. The summed E-state index contributed by atoms with van der Waals surface area (Å²) in [6.07, 6.45) is 3.16. The summed E-state index contributed by atoms with van der Waals surface area (Å²) in [5, 5.41) is 22.7. The monoisotopic (exact) mass is 388 g/mol. The van der Waals surface area contributed by atoms with Crippen molar-refractivity contribution in [2.24, 2.45) is 5.92 Å². The van der Waals surface area contributed by atoms with Gasteiger partial charge in [-0.15, -0.1) is 5.10 Å². The predicted molar refractivity (Wildman–Crippen MR) is 101 cm³/mol. The average molecular weight is 388 g/mol. The number of anilines is 1. The van der Waals surface area contributed by atoms with Crippen molar-refractivity contribution in [1.29, 1.82) is 0 Å². The second-order valence-electron chi connectivity index (χ2n) is 6.79. The molecule has 0 saturated carbocycles. The summed E-state index contributed by atoms with van der Waals surface area (Å²) < 4.78 is 7.08. The summed E-state index contributed by atoms with van der Waals surface area (Å²) in [7, 11) is 0. The Balaban J connectivity index is 1.52. The molecule has 2 aromatic rings. The van der Waals surface area contributed by atoms with Crippen LogP contribution in [0.3, 0.4) is 0 Å². The van der Waals surface area contributed by atoms with E-state index in [1.807, 2.05) is 4.90 Å². The molecule has 10 nitrogen and oxygen atoms in total. The number of nitrogens with zero attached hydrogens (tertiary/aromatic N) is 6. The molecule has 0 amide bonds. The predicted octanol–water partition coefficient (Wildman–Crippen LogP) is 2.34. The Morgan fingerprint density at radius 2 is 2.07 bits per heavy atom. The third-order valence-electron chi connectivity index (χ3n) is 4.92. The van der Waals surface area contributed by atoms with Crippen LogP contribution >= 0.6 is 0 Å². The largest absolute Gasteiger partial charge is 0.457 e. The number of aryl methyl sites for hydroxylation is 1. The molecule has 0 N–H and O–H groups in total. The number of carbonyl (C=O) groups excluding carboxylic acids is 1. The molecule has 150 valence electrons. The van der Waals surface area contributed by atoms with E-state index in [1.54, 1.807) is 22.9 Å². The molecule has 0 aliphatic carbocycles. The van der Waals surface area contributed by atoms with Gasteiger partial charge in [-0.05, 0) is 35.8 Å². The smallest absolute Gasteiger partial charge is 0.309 e. The van der Waals surface area contributed by atoms with E-state index in [2.05, 4.69) is 22.4 Å². The fourth-order valence-electron chi connectivity index (χ4n) is 3.30. The van der Waals surface area contributed by atoms with Crippen LogP contribution in [-0.2, 0) is 22.7 Å². The first-order valence-corrected chi connectivity index (χ1v) is 9.50. The quantitative estimate of drug-likeness (QED) is 0.384. The van der Waals surface area contributed by atoms with Crippen LogP contribution in [0.2, 0.25) is 0 Å². The van der Waals surface area contributed by atoms with E-state index in [-0.39, 0.29) is 29.1 Å². The summed E-state index contributed by atoms with van der Waals surface area (Å²) in [4.78, 5) is 25.2. The van der Waals surface area contributed by atoms with Gasteiger partial charge in [-0.1, -0.05) is 25.5 Å². The SMILES string of the molecule is CCCCn1nnnc1COC(=O)C1CCN(c2ccccc2[N+](=O)[O-])CC1. The first-order chi connectivity index (χ1) is 13.6. The van der Waals surface area contributed by atoms with Crippen LogP contribution in [0.25, 0.3) is 0 Å². The number of hydrogen-bond donors (Lipinski definition) is 0. The van der Waals surface area contributed by atoms with E-state index in [4.69, 9.17) is 4.74 Å². The number of piperidine rings is 1. The van der Waals surface area contributed by atoms with Crippen LogP contribution in [0.5, 0.6) is 0 Å². The van der Waals surface area contributed by atoms with Crippen molar-refractivity contribution in [2.45, 2.75) is 45.8 Å². The lowest BCUT2D eigenvalue weighted by molar-refractivity contribution is -0.384. The molecule has 1 aliphatic heterocycles. The number of hydrogen-bond acceptors (Lipinski definition) is 8. The summed E-state index contributed by atoms with van der Waals surface area (Å²) in [6, 6.07) is 6.68. The maximum absolute atomic E-state index is 12.4. The Labute approximate surface area is 162 Å². The molecular formula is C18H24N6O4. The summed E-state index contributed by atoms with van der Waals surface area (Å²) in [5.74, 6) is 0.0467. The highest BCUT2D eigenvalue weighted by atomic mass is 16.6. The van der Waals surface area contributed by atoms with Gasteiger partial charge in [0, 0.05) is 25.7 Å². The van der Waals surface area contributed by atoms with Crippen LogP contribution in [0.15, 0.2) is 24.3 Å². The molecule has 10 heteroatoms. The Morgan fingerprint density at radius 1 is 1.32 bits per heavy atom. The lowest BCUT2D eigenvalue weighted by Crippen LogP contribution is -2.37. The molecule has 1 saturated heterocycles. The number of unbranched alkanes of at least 4 members (excludes halogenated alkanes) is 1. The van der Waals surface area contributed by atoms with Crippen LogP contribution < -0.4 is 4.90 Å². The number of rotatable bonds is 8. The van der Waals surface area contributed by atoms with Crippen molar-refractivity contribution >= 4 is 17.3 Å². The molecule has 3 rings (SSSR count). The van der Waals surface area contributed by atoms with Crippen LogP contribution in [-0.4, -0.2) is 44.2 Å². The van der Waals surface area contributed by atoms with E-state index < -0.39 is 0 Å². The normalized spacial score (nSPS) is 14.8.